The summed E-state index contributed by atoms with van der Waals surface area (Å²) in [6, 6.07) is -0.551. The van der Waals surface area contributed by atoms with Crippen LogP contribution in [0.5, 0.6) is 0 Å². The molecule has 13 nitrogen and oxygen atoms in total. The van der Waals surface area contributed by atoms with Gasteiger partial charge in [0.15, 0.2) is 4.34 Å². The Morgan fingerprint density at radius 1 is 1.41 bits per heavy atom. The highest BCUT2D eigenvalue weighted by molar-refractivity contribution is 8.01. The largest absolute Gasteiger partial charge is 0.477 e. The summed E-state index contributed by atoms with van der Waals surface area (Å²) in [6.45, 7) is 4.93. The number of hydrogen-bond donors (Lipinski definition) is 2. The SMILES string of the molecule is Cc1nnc(SCC2=C(C(=O)O)N3C(=O)[C@H](NC(=O)[C@@H](C)n4nc([N+](=O)[O-])cc4C)[C@H]3SC2)s1. The van der Waals surface area contributed by atoms with Gasteiger partial charge in [-0.25, -0.2) is 4.79 Å². The Balaban J connectivity index is 1.46. The van der Waals surface area contributed by atoms with Crippen LogP contribution in [0.3, 0.4) is 0 Å². The maximum atomic E-state index is 12.9. The molecule has 0 aromatic carbocycles. The van der Waals surface area contributed by atoms with Crippen LogP contribution in [0.25, 0.3) is 0 Å². The number of carbonyl (C=O) groups is 3. The number of rotatable bonds is 8. The zero-order valence-electron chi connectivity index (χ0n) is 18.1. The standard InChI is InChI=1S/C18H19N7O6S3/c1-7-4-11(25(30)31)22-24(7)8(2)14(26)19-12-15(27)23-13(17(28)29)10(5-32-16(12)23)6-33-18-21-20-9(3)34-18/h4,8,12,16H,5-6H2,1-3H3,(H,19,26)(H,28,29)/t8-,12+,16-/m1/s1. The number of nitrogens with one attached hydrogen (secondary N) is 1. The molecule has 1 fully saturated rings. The van der Waals surface area contributed by atoms with Crippen LogP contribution in [0, 0.1) is 24.0 Å². The number of carboxylic acid groups (broad SMARTS) is 1. The molecule has 16 heteroatoms. The first kappa shape index (κ1) is 24.2. The van der Waals surface area contributed by atoms with Gasteiger partial charge in [-0.1, -0.05) is 23.1 Å². The van der Waals surface area contributed by atoms with Crippen molar-refractivity contribution >= 4 is 58.5 Å². The van der Waals surface area contributed by atoms with Crippen molar-refractivity contribution in [3.8, 4) is 0 Å². The zero-order chi connectivity index (χ0) is 24.7. The minimum Gasteiger partial charge on any atom is -0.477 e. The third-order valence-electron chi connectivity index (χ3n) is 5.27. The molecule has 4 rings (SSSR count). The van der Waals surface area contributed by atoms with E-state index in [0.29, 0.717) is 27.1 Å². The highest BCUT2D eigenvalue weighted by Gasteiger charge is 2.54. The molecular weight excluding hydrogens is 506 g/mol. The molecular formula is C18H19N7O6S3. The Labute approximate surface area is 205 Å². The van der Waals surface area contributed by atoms with Crippen molar-refractivity contribution in [3.63, 3.8) is 0 Å². The summed E-state index contributed by atoms with van der Waals surface area (Å²) in [4.78, 5) is 49.1. The number of carbonyl (C=O) groups excluding carboxylic acids is 2. The number of amides is 2. The lowest BCUT2D eigenvalue weighted by atomic mass is 10.0. The van der Waals surface area contributed by atoms with Gasteiger partial charge in [0, 0.05) is 11.5 Å². The predicted octanol–water partition coefficient (Wildman–Crippen LogP) is 1.35. The molecule has 0 radical (unpaired) electrons. The van der Waals surface area contributed by atoms with E-state index in [9.17, 15) is 29.6 Å². The third-order valence-corrected chi connectivity index (χ3v) is 8.67. The van der Waals surface area contributed by atoms with Crippen LogP contribution in [0.2, 0.25) is 0 Å². The van der Waals surface area contributed by atoms with Gasteiger partial charge in [-0.2, -0.15) is 4.68 Å². The number of thioether (sulfide) groups is 2. The van der Waals surface area contributed by atoms with Crippen LogP contribution in [0.1, 0.15) is 23.7 Å². The average molecular weight is 526 g/mol. The van der Waals surface area contributed by atoms with Gasteiger partial charge in [-0.15, -0.1) is 22.0 Å². The molecule has 0 unspecified atom stereocenters. The van der Waals surface area contributed by atoms with Gasteiger partial charge in [0.2, 0.25) is 5.91 Å². The maximum absolute atomic E-state index is 12.9. The van der Waals surface area contributed by atoms with Crippen molar-refractivity contribution in [2.45, 2.75) is 42.6 Å². The molecule has 1 saturated heterocycles. The Morgan fingerprint density at radius 2 is 2.15 bits per heavy atom. The molecule has 0 aliphatic carbocycles. The molecule has 3 atom stereocenters. The first-order valence-electron chi connectivity index (χ1n) is 9.92. The average Bonchev–Trinajstić information content (AvgIpc) is 3.39. The van der Waals surface area contributed by atoms with Gasteiger partial charge >= 0.3 is 11.8 Å². The molecule has 180 valence electrons. The summed E-state index contributed by atoms with van der Waals surface area (Å²) in [6.07, 6.45) is 0. The van der Waals surface area contributed by atoms with E-state index >= 15 is 0 Å². The third kappa shape index (κ3) is 4.39. The Hall–Kier alpha value is -2.98. The molecule has 2 aliphatic rings. The van der Waals surface area contributed by atoms with Gasteiger partial charge in [-0.3, -0.25) is 14.5 Å². The molecule has 4 heterocycles. The highest BCUT2D eigenvalue weighted by atomic mass is 32.2. The fourth-order valence-electron chi connectivity index (χ4n) is 3.62. The second kappa shape index (κ2) is 9.34. The smallest absolute Gasteiger partial charge is 0.390 e. The number of carboxylic acids is 1. The van der Waals surface area contributed by atoms with Gasteiger partial charge in [0.05, 0.1) is 16.9 Å². The van der Waals surface area contributed by atoms with Gasteiger partial charge < -0.3 is 20.5 Å². The van der Waals surface area contributed by atoms with E-state index in [1.807, 2.05) is 6.92 Å². The predicted molar refractivity (Wildman–Crippen MR) is 123 cm³/mol. The Morgan fingerprint density at radius 3 is 2.74 bits per heavy atom. The fraction of sp³-hybridized carbons (Fsp3) is 0.444. The van der Waals surface area contributed by atoms with Crippen molar-refractivity contribution in [1.29, 1.82) is 0 Å². The van der Waals surface area contributed by atoms with Crippen LogP contribution in [-0.4, -0.2) is 75.6 Å². The quantitative estimate of drug-likeness (QED) is 0.220. The van der Waals surface area contributed by atoms with Crippen molar-refractivity contribution in [2.24, 2.45) is 0 Å². The highest BCUT2D eigenvalue weighted by Crippen LogP contribution is 2.42. The van der Waals surface area contributed by atoms with Crippen LogP contribution >= 0.6 is 34.9 Å². The molecule has 2 aliphatic heterocycles. The van der Waals surface area contributed by atoms with Crippen LogP contribution in [0.4, 0.5) is 5.82 Å². The summed E-state index contributed by atoms with van der Waals surface area (Å²) in [7, 11) is 0. The number of nitrogens with zero attached hydrogens (tertiary/aromatic N) is 6. The van der Waals surface area contributed by atoms with Gasteiger partial charge in [-0.05, 0) is 31.3 Å². The summed E-state index contributed by atoms with van der Waals surface area (Å²) in [5.41, 5.74) is 0.948. The first-order chi connectivity index (χ1) is 16.1. The number of β-lactam (4-membered cyclic amide) rings is 1. The van der Waals surface area contributed by atoms with Crippen molar-refractivity contribution in [2.75, 3.05) is 11.5 Å². The molecule has 2 amide bonds. The molecule has 2 aromatic heterocycles. The zero-order valence-corrected chi connectivity index (χ0v) is 20.6. The van der Waals surface area contributed by atoms with E-state index in [4.69, 9.17) is 0 Å². The van der Waals surface area contributed by atoms with Crippen LogP contribution < -0.4 is 5.32 Å². The van der Waals surface area contributed by atoms with E-state index in [0.717, 1.165) is 5.01 Å². The van der Waals surface area contributed by atoms with Crippen molar-refractivity contribution < 1.29 is 24.4 Å². The monoisotopic (exact) mass is 525 g/mol. The lowest BCUT2D eigenvalue weighted by Gasteiger charge is -2.49. The van der Waals surface area contributed by atoms with Gasteiger partial charge in [0.1, 0.15) is 28.2 Å². The fourth-order valence-corrected chi connectivity index (χ4v) is 6.92. The van der Waals surface area contributed by atoms with Crippen LogP contribution in [0.15, 0.2) is 21.7 Å². The summed E-state index contributed by atoms with van der Waals surface area (Å²) < 4.78 is 1.93. The second-order valence-electron chi connectivity index (χ2n) is 7.55. The minimum atomic E-state index is -1.21. The molecule has 0 saturated carbocycles. The Bertz CT molecular complexity index is 1220. The maximum Gasteiger partial charge on any atom is 0.390 e. The number of aromatic nitrogens is 4. The van der Waals surface area contributed by atoms with Crippen LogP contribution in [-0.2, 0) is 14.4 Å². The number of aryl methyl sites for hydroxylation is 2. The molecule has 34 heavy (non-hydrogen) atoms. The minimum absolute atomic E-state index is 0.0698. The normalized spacial score (nSPS) is 20.6. The topological polar surface area (TPSA) is 173 Å². The lowest BCUT2D eigenvalue weighted by Crippen LogP contribution is -2.71. The van der Waals surface area contributed by atoms with Crippen molar-refractivity contribution in [3.05, 3.63) is 38.2 Å². The number of aliphatic carboxylic acids is 1. The summed E-state index contributed by atoms with van der Waals surface area (Å²) in [5.74, 6) is -1.92. The van der Waals surface area contributed by atoms with E-state index in [1.54, 1.807) is 6.92 Å². The molecule has 2 aromatic rings. The van der Waals surface area contributed by atoms with Crippen molar-refractivity contribution in [1.82, 2.24) is 30.2 Å². The Kier molecular flexibility index (Phi) is 6.64. The van der Waals surface area contributed by atoms with E-state index in [1.165, 1.54) is 57.4 Å². The lowest BCUT2D eigenvalue weighted by molar-refractivity contribution is -0.389. The van der Waals surface area contributed by atoms with E-state index in [2.05, 4.69) is 20.6 Å². The number of hydrogen-bond acceptors (Lipinski definition) is 11. The van der Waals surface area contributed by atoms with E-state index in [-0.39, 0.29) is 11.5 Å². The number of nitro groups is 1. The number of fused-ring (bicyclic) bond motifs is 1. The molecule has 0 spiro atoms. The summed E-state index contributed by atoms with van der Waals surface area (Å²) in [5, 5.41) is 35.4. The second-order valence-corrected chi connectivity index (χ2v) is 11.1. The first-order valence-corrected chi connectivity index (χ1v) is 12.8. The van der Waals surface area contributed by atoms with E-state index < -0.39 is 40.2 Å². The molecule has 2 N–H and O–H groups in total. The van der Waals surface area contributed by atoms with Gasteiger partial charge in [0.25, 0.3) is 5.91 Å². The summed E-state index contributed by atoms with van der Waals surface area (Å²) >= 11 is 4.13. The molecule has 0 bridgehead atoms.